The minimum atomic E-state index is 0.429. The second kappa shape index (κ2) is 3.35. The highest BCUT2D eigenvalue weighted by atomic mass is 32.1. The third kappa shape index (κ3) is 1.46. The lowest BCUT2D eigenvalue weighted by atomic mass is 10.1. The Morgan fingerprint density at radius 1 is 1.43 bits per heavy atom. The Morgan fingerprint density at radius 2 is 2.21 bits per heavy atom. The highest BCUT2D eigenvalue weighted by Gasteiger charge is 2.02. The van der Waals surface area contributed by atoms with E-state index in [0.717, 1.165) is 22.0 Å². The lowest BCUT2D eigenvalue weighted by molar-refractivity contribution is 1.36. The molecule has 2 rings (SSSR count). The fourth-order valence-corrected chi connectivity index (χ4v) is 1.63. The van der Waals surface area contributed by atoms with Gasteiger partial charge in [0.05, 0.1) is 5.52 Å². The van der Waals surface area contributed by atoms with E-state index in [-0.39, 0.29) is 0 Å². The molecule has 0 aliphatic carbocycles. The highest BCUT2D eigenvalue weighted by molar-refractivity contribution is 7.80. The van der Waals surface area contributed by atoms with E-state index < -0.39 is 0 Å². The first-order chi connectivity index (χ1) is 6.68. The van der Waals surface area contributed by atoms with Gasteiger partial charge >= 0.3 is 0 Å². The molecule has 0 aliphatic rings. The molecule has 1 aromatic heterocycles. The van der Waals surface area contributed by atoms with Crippen LogP contribution >= 0.6 is 12.2 Å². The number of nitrogens with zero attached hydrogens (tertiary/aromatic N) is 1. The van der Waals surface area contributed by atoms with Crippen LogP contribution in [0, 0.1) is 6.92 Å². The van der Waals surface area contributed by atoms with Gasteiger partial charge in [0.15, 0.2) is 0 Å². The lowest BCUT2D eigenvalue weighted by Crippen LogP contribution is -2.09. The average Bonchev–Trinajstić information content (AvgIpc) is 2.17. The number of hydrogen-bond acceptors (Lipinski definition) is 2. The van der Waals surface area contributed by atoms with E-state index in [2.05, 4.69) is 4.98 Å². The van der Waals surface area contributed by atoms with Crippen LogP contribution in [0.5, 0.6) is 0 Å². The van der Waals surface area contributed by atoms with Gasteiger partial charge in [-0.3, -0.25) is 4.98 Å². The van der Waals surface area contributed by atoms with Crippen molar-refractivity contribution in [2.24, 2.45) is 5.73 Å². The van der Waals surface area contributed by atoms with Crippen LogP contribution in [-0.4, -0.2) is 9.97 Å². The summed E-state index contributed by atoms with van der Waals surface area (Å²) >= 11 is 4.94. The molecule has 3 heteroatoms. The van der Waals surface area contributed by atoms with Crippen molar-refractivity contribution in [2.75, 3.05) is 0 Å². The Labute approximate surface area is 87.8 Å². The summed E-state index contributed by atoms with van der Waals surface area (Å²) in [4.78, 5) is 4.73. The fraction of sp³-hybridized carbons (Fsp3) is 0.0909. The van der Waals surface area contributed by atoms with Crippen molar-refractivity contribution in [3.8, 4) is 0 Å². The van der Waals surface area contributed by atoms with Crippen LogP contribution in [0.2, 0.25) is 0 Å². The minimum Gasteiger partial charge on any atom is -0.389 e. The molecule has 0 amide bonds. The number of thiocarbonyl (C=S) groups is 1. The molecule has 1 heterocycles. The van der Waals surface area contributed by atoms with Crippen molar-refractivity contribution < 1.29 is 0 Å². The summed E-state index contributed by atoms with van der Waals surface area (Å²) in [7, 11) is 0. The van der Waals surface area contributed by atoms with Gasteiger partial charge in [-0.1, -0.05) is 18.3 Å². The molecule has 0 spiro atoms. The zero-order valence-corrected chi connectivity index (χ0v) is 8.64. The van der Waals surface area contributed by atoms with Crippen LogP contribution < -0.4 is 5.73 Å². The zero-order valence-electron chi connectivity index (χ0n) is 7.82. The number of hydrogen-bond donors (Lipinski definition) is 1. The molecular formula is C11H10N2S. The summed E-state index contributed by atoms with van der Waals surface area (Å²) in [5.74, 6) is 0. The molecule has 0 radical (unpaired) electrons. The maximum atomic E-state index is 5.58. The van der Waals surface area contributed by atoms with Crippen LogP contribution in [0.15, 0.2) is 30.5 Å². The molecule has 70 valence electrons. The third-order valence-corrected chi connectivity index (χ3v) is 2.42. The van der Waals surface area contributed by atoms with Gasteiger partial charge in [-0.25, -0.2) is 0 Å². The second-order valence-corrected chi connectivity index (χ2v) is 3.67. The number of pyridine rings is 1. The van der Waals surface area contributed by atoms with Crippen molar-refractivity contribution in [1.29, 1.82) is 0 Å². The number of aromatic nitrogens is 1. The van der Waals surface area contributed by atoms with Gasteiger partial charge in [0, 0.05) is 17.1 Å². The number of benzene rings is 1. The molecule has 0 aliphatic heterocycles. The summed E-state index contributed by atoms with van der Waals surface area (Å²) in [5.41, 5.74) is 8.60. The molecule has 0 saturated carbocycles. The Kier molecular flexibility index (Phi) is 2.17. The summed E-state index contributed by atoms with van der Waals surface area (Å²) in [5, 5.41) is 1.08. The number of aryl methyl sites for hydroxylation is 1. The van der Waals surface area contributed by atoms with E-state index in [0.29, 0.717) is 4.99 Å². The fourth-order valence-electron chi connectivity index (χ4n) is 1.52. The summed E-state index contributed by atoms with van der Waals surface area (Å²) in [6.07, 6.45) is 1.79. The summed E-state index contributed by atoms with van der Waals surface area (Å²) < 4.78 is 0. The molecule has 0 saturated heterocycles. The normalized spacial score (nSPS) is 10.4. The Bertz CT molecular complexity index is 506. The van der Waals surface area contributed by atoms with Crippen LogP contribution in [0.3, 0.4) is 0 Å². The van der Waals surface area contributed by atoms with Gasteiger partial charge in [0.1, 0.15) is 4.99 Å². The average molecular weight is 202 g/mol. The molecule has 2 N–H and O–H groups in total. The van der Waals surface area contributed by atoms with Gasteiger partial charge in [0.25, 0.3) is 0 Å². The van der Waals surface area contributed by atoms with Gasteiger partial charge < -0.3 is 5.73 Å². The molecule has 2 nitrogen and oxygen atoms in total. The smallest absolute Gasteiger partial charge is 0.104 e. The van der Waals surface area contributed by atoms with Crippen LogP contribution in [0.1, 0.15) is 11.1 Å². The maximum absolute atomic E-state index is 5.58. The predicted octanol–water partition coefficient (Wildman–Crippen LogP) is 2.18. The first kappa shape index (κ1) is 9.09. The number of fused-ring (bicyclic) bond motifs is 1. The molecule has 0 atom stereocenters. The predicted molar refractivity (Wildman–Crippen MR) is 62.4 cm³/mol. The first-order valence-electron chi connectivity index (χ1n) is 4.33. The second-order valence-electron chi connectivity index (χ2n) is 3.23. The van der Waals surface area contributed by atoms with Crippen LogP contribution in [0.25, 0.3) is 10.9 Å². The number of rotatable bonds is 1. The van der Waals surface area contributed by atoms with E-state index in [9.17, 15) is 0 Å². The highest BCUT2D eigenvalue weighted by Crippen LogP contribution is 2.17. The van der Waals surface area contributed by atoms with Crippen LogP contribution in [-0.2, 0) is 0 Å². The van der Waals surface area contributed by atoms with Gasteiger partial charge in [-0.2, -0.15) is 0 Å². The molecule has 2 aromatic rings. The third-order valence-electron chi connectivity index (χ3n) is 2.18. The van der Waals surface area contributed by atoms with Gasteiger partial charge in [0.2, 0.25) is 0 Å². The Balaban J connectivity index is 2.78. The molecular weight excluding hydrogens is 192 g/mol. The SMILES string of the molecule is Cc1cc(C(N)=S)cc2cccnc12. The lowest BCUT2D eigenvalue weighted by Gasteiger charge is -2.04. The largest absolute Gasteiger partial charge is 0.389 e. The van der Waals surface area contributed by atoms with Crippen LogP contribution in [0.4, 0.5) is 0 Å². The molecule has 0 fully saturated rings. The Hall–Kier alpha value is -1.48. The summed E-state index contributed by atoms with van der Waals surface area (Å²) in [6.45, 7) is 2.01. The van der Waals surface area contributed by atoms with E-state index in [1.807, 2.05) is 31.2 Å². The molecule has 14 heavy (non-hydrogen) atoms. The topological polar surface area (TPSA) is 38.9 Å². The monoisotopic (exact) mass is 202 g/mol. The standard InChI is InChI=1S/C11H10N2S/c1-7-5-9(11(12)14)6-8-3-2-4-13-10(7)8/h2-6H,1H3,(H2,12,14). The van der Waals surface area contributed by atoms with Crippen molar-refractivity contribution >= 4 is 28.1 Å². The zero-order chi connectivity index (χ0) is 10.1. The van der Waals surface area contributed by atoms with Gasteiger partial charge in [-0.15, -0.1) is 0 Å². The number of nitrogens with two attached hydrogens (primary N) is 1. The van der Waals surface area contributed by atoms with E-state index in [1.54, 1.807) is 6.20 Å². The first-order valence-corrected chi connectivity index (χ1v) is 4.74. The van der Waals surface area contributed by atoms with Crippen molar-refractivity contribution in [3.63, 3.8) is 0 Å². The Morgan fingerprint density at radius 3 is 2.93 bits per heavy atom. The summed E-state index contributed by atoms with van der Waals surface area (Å²) in [6, 6.07) is 7.86. The molecule has 0 unspecified atom stereocenters. The quantitative estimate of drug-likeness (QED) is 0.720. The van der Waals surface area contributed by atoms with Crippen molar-refractivity contribution in [3.05, 3.63) is 41.6 Å². The van der Waals surface area contributed by atoms with Crippen molar-refractivity contribution in [2.45, 2.75) is 6.92 Å². The molecule has 0 bridgehead atoms. The van der Waals surface area contributed by atoms with Crippen molar-refractivity contribution in [1.82, 2.24) is 4.98 Å². The maximum Gasteiger partial charge on any atom is 0.104 e. The van der Waals surface area contributed by atoms with E-state index >= 15 is 0 Å². The van der Waals surface area contributed by atoms with E-state index in [1.165, 1.54) is 0 Å². The molecule has 1 aromatic carbocycles. The minimum absolute atomic E-state index is 0.429. The van der Waals surface area contributed by atoms with E-state index in [4.69, 9.17) is 18.0 Å². The van der Waals surface area contributed by atoms with Gasteiger partial charge in [-0.05, 0) is 30.7 Å².